The molecule has 1 aliphatic carbocycles. The van der Waals surface area contributed by atoms with Crippen LogP contribution < -0.4 is 5.32 Å². The molecule has 0 aromatic heterocycles. The zero-order chi connectivity index (χ0) is 14.1. The number of hydrogen-bond donors (Lipinski definition) is 3. The minimum atomic E-state index is -0.425. The van der Waals surface area contributed by atoms with Gasteiger partial charge in [-0.3, -0.25) is 4.79 Å². The lowest BCUT2D eigenvalue weighted by atomic mass is 10.1. The molecule has 1 aromatic rings. The third kappa shape index (κ3) is 2.94. The number of hydrogen-bond acceptors (Lipinski definition) is 4. The van der Waals surface area contributed by atoms with E-state index in [1.165, 1.54) is 0 Å². The van der Waals surface area contributed by atoms with Gasteiger partial charge in [-0.15, -0.1) is 0 Å². The lowest BCUT2D eigenvalue weighted by Gasteiger charge is -2.25. The van der Waals surface area contributed by atoms with Crippen LogP contribution in [0.4, 0.5) is 0 Å². The summed E-state index contributed by atoms with van der Waals surface area (Å²) in [7, 11) is 0. The average molecular weight is 276 g/mol. The fourth-order valence-corrected chi connectivity index (χ4v) is 2.73. The molecule has 2 fully saturated rings. The van der Waals surface area contributed by atoms with Crippen LogP contribution in [0.25, 0.3) is 0 Å². The van der Waals surface area contributed by atoms with Gasteiger partial charge in [0.2, 0.25) is 5.91 Å². The van der Waals surface area contributed by atoms with E-state index in [2.05, 4.69) is 5.32 Å². The molecule has 3 N–H and O–H groups in total. The summed E-state index contributed by atoms with van der Waals surface area (Å²) in [5.74, 6) is 0.285. The lowest BCUT2D eigenvalue weighted by molar-refractivity contribution is -0.134. The van der Waals surface area contributed by atoms with Gasteiger partial charge in [0.05, 0.1) is 12.1 Å². The SMILES string of the molecule is O=C(C1CC(O)CN1)N(Cc1cccc(O)c1)C1CC1. The van der Waals surface area contributed by atoms with Crippen molar-refractivity contribution in [2.75, 3.05) is 6.54 Å². The van der Waals surface area contributed by atoms with Gasteiger partial charge in [-0.1, -0.05) is 12.1 Å². The van der Waals surface area contributed by atoms with Crippen LogP contribution in [0.3, 0.4) is 0 Å². The Bertz CT molecular complexity index is 502. The number of phenolic OH excluding ortho intramolecular Hbond substituents is 1. The van der Waals surface area contributed by atoms with Crippen molar-refractivity contribution in [3.05, 3.63) is 29.8 Å². The summed E-state index contributed by atoms with van der Waals surface area (Å²) in [5.41, 5.74) is 0.934. The van der Waals surface area contributed by atoms with E-state index in [4.69, 9.17) is 0 Å². The number of nitrogens with one attached hydrogen (secondary N) is 1. The normalized spacial score (nSPS) is 25.6. The molecule has 2 unspecified atom stereocenters. The molecule has 2 aliphatic rings. The number of carbonyl (C=O) groups is 1. The Hall–Kier alpha value is -1.59. The quantitative estimate of drug-likeness (QED) is 0.753. The largest absolute Gasteiger partial charge is 0.508 e. The zero-order valence-corrected chi connectivity index (χ0v) is 11.3. The topological polar surface area (TPSA) is 72.8 Å². The predicted octanol–water partition coefficient (Wildman–Crippen LogP) is 0.606. The lowest BCUT2D eigenvalue weighted by Crippen LogP contribution is -2.44. The van der Waals surface area contributed by atoms with E-state index in [0.29, 0.717) is 25.6 Å². The molecule has 0 radical (unpaired) electrons. The van der Waals surface area contributed by atoms with Crippen LogP contribution in [-0.2, 0) is 11.3 Å². The predicted molar refractivity (Wildman–Crippen MR) is 74.1 cm³/mol. The second kappa shape index (κ2) is 5.42. The minimum Gasteiger partial charge on any atom is -0.508 e. The first-order valence-electron chi connectivity index (χ1n) is 7.13. The van der Waals surface area contributed by atoms with Gasteiger partial charge in [0.15, 0.2) is 0 Å². The first-order valence-corrected chi connectivity index (χ1v) is 7.13. The number of β-amino-alcohol motifs (C(OH)–C–C–N with tert-alkyl or cyclic N) is 1. The van der Waals surface area contributed by atoms with Crippen LogP contribution in [0.1, 0.15) is 24.8 Å². The fourth-order valence-electron chi connectivity index (χ4n) is 2.73. The molecule has 1 saturated heterocycles. The first-order chi connectivity index (χ1) is 9.63. The van der Waals surface area contributed by atoms with Gasteiger partial charge in [0, 0.05) is 19.1 Å². The Morgan fingerprint density at radius 2 is 2.20 bits per heavy atom. The maximum atomic E-state index is 12.6. The summed E-state index contributed by atoms with van der Waals surface area (Å²) in [4.78, 5) is 14.4. The Morgan fingerprint density at radius 1 is 1.40 bits per heavy atom. The fraction of sp³-hybridized carbons (Fsp3) is 0.533. The number of aromatic hydroxyl groups is 1. The molecule has 1 aromatic carbocycles. The summed E-state index contributed by atoms with van der Waals surface area (Å²) < 4.78 is 0. The van der Waals surface area contributed by atoms with Crippen LogP contribution in [0.2, 0.25) is 0 Å². The van der Waals surface area contributed by atoms with Crippen molar-refractivity contribution in [3.63, 3.8) is 0 Å². The van der Waals surface area contributed by atoms with E-state index >= 15 is 0 Å². The minimum absolute atomic E-state index is 0.0624. The number of aliphatic hydroxyl groups excluding tert-OH is 1. The maximum absolute atomic E-state index is 12.6. The average Bonchev–Trinajstić information content (AvgIpc) is 3.17. The standard InChI is InChI=1S/C15H20N2O3/c18-12-3-1-2-10(6-12)9-17(11-4-5-11)15(20)14-7-13(19)8-16-14/h1-3,6,11,13-14,16,18-19H,4-5,7-9H2. The van der Waals surface area contributed by atoms with Crippen molar-refractivity contribution in [2.24, 2.45) is 0 Å². The summed E-state index contributed by atoms with van der Waals surface area (Å²) in [5, 5.41) is 22.1. The second-order valence-corrected chi connectivity index (χ2v) is 5.72. The molecule has 5 nitrogen and oxygen atoms in total. The summed E-state index contributed by atoms with van der Waals surface area (Å²) in [6, 6.07) is 7.06. The van der Waals surface area contributed by atoms with E-state index < -0.39 is 6.10 Å². The number of phenols is 1. The third-order valence-electron chi connectivity index (χ3n) is 3.94. The molecule has 0 bridgehead atoms. The Kier molecular flexibility index (Phi) is 3.63. The highest BCUT2D eigenvalue weighted by atomic mass is 16.3. The molecule has 1 heterocycles. The molecule has 108 valence electrons. The zero-order valence-electron chi connectivity index (χ0n) is 11.3. The molecule has 0 spiro atoms. The van der Waals surface area contributed by atoms with E-state index in [-0.39, 0.29) is 17.7 Å². The van der Waals surface area contributed by atoms with Crippen molar-refractivity contribution >= 4 is 5.91 Å². The second-order valence-electron chi connectivity index (χ2n) is 5.72. The van der Waals surface area contributed by atoms with Gasteiger partial charge in [0.1, 0.15) is 5.75 Å². The van der Waals surface area contributed by atoms with E-state index in [1.807, 2.05) is 11.0 Å². The van der Waals surface area contributed by atoms with Gasteiger partial charge in [-0.2, -0.15) is 0 Å². The van der Waals surface area contributed by atoms with Crippen LogP contribution >= 0.6 is 0 Å². The molecule has 1 aliphatic heterocycles. The molecular formula is C15H20N2O3. The Balaban J connectivity index is 1.71. The number of carbonyl (C=O) groups excluding carboxylic acids is 1. The van der Waals surface area contributed by atoms with Crippen LogP contribution in [-0.4, -0.2) is 45.8 Å². The highest BCUT2D eigenvalue weighted by molar-refractivity contribution is 5.83. The summed E-state index contributed by atoms with van der Waals surface area (Å²) >= 11 is 0. The molecular weight excluding hydrogens is 256 g/mol. The highest BCUT2D eigenvalue weighted by Gasteiger charge is 2.38. The molecule has 3 rings (SSSR count). The number of rotatable bonds is 4. The van der Waals surface area contributed by atoms with E-state index in [1.54, 1.807) is 18.2 Å². The van der Waals surface area contributed by atoms with Gasteiger partial charge in [-0.25, -0.2) is 0 Å². The third-order valence-corrected chi connectivity index (χ3v) is 3.94. The Labute approximate surface area is 118 Å². The smallest absolute Gasteiger partial charge is 0.240 e. The molecule has 20 heavy (non-hydrogen) atoms. The van der Waals surface area contributed by atoms with Crippen LogP contribution in [0.5, 0.6) is 5.75 Å². The molecule has 2 atom stereocenters. The monoisotopic (exact) mass is 276 g/mol. The van der Waals surface area contributed by atoms with Crippen molar-refractivity contribution in [1.82, 2.24) is 10.2 Å². The number of benzene rings is 1. The highest BCUT2D eigenvalue weighted by Crippen LogP contribution is 2.30. The molecule has 5 heteroatoms. The van der Waals surface area contributed by atoms with Crippen molar-refractivity contribution in [2.45, 2.75) is 44.0 Å². The van der Waals surface area contributed by atoms with E-state index in [0.717, 1.165) is 18.4 Å². The van der Waals surface area contributed by atoms with Gasteiger partial charge >= 0.3 is 0 Å². The van der Waals surface area contributed by atoms with Gasteiger partial charge in [0.25, 0.3) is 0 Å². The maximum Gasteiger partial charge on any atom is 0.240 e. The van der Waals surface area contributed by atoms with E-state index in [9.17, 15) is 15.0 Å². The van der Waals surface area contributed by atoms with Crippen LogP contribution in [0.15, 0.2) is 24.3 Å². The number of aliphatic hydroxyl groups is 1. The van der Waals surface area contributed by atoms with Crippen LogP contribution in [0, 0.1) is 0 Å². The number of nitrogens with zero attached hydrogens (tertiary/aromatic N) is 1. The Morgan fingerprint density at radius 3 is 2.80 bits per heavy atom. The summed E-state index contributed by atoms with van der Waals surface area (Å²) in [6.07, 6.45) is 2.15. The van der Waals surface area contributed by atoms with Crippen molar-refractivity contribution in [1.29, 1.82) is 0 Å². The van der Waals surface area contributed by atoms with Crippen molar-refractivity contribution < 1.29 is 15.0 Å². The van der Waals surface area contributed by atoms with Gasteiger partial charge < -0.3 is 20.4 Å². The molecule has 1 saturated carbocycles. The van der Waals surface area contributed by atoms with Crippen molar-refractivity contribution in [3.8, 4) is 5.75 Å². The summed E-state index contributed by atoms with van der Waals surface area (Å²) in [6.45, 7) is 1.01. The molecule has 1 amide bonds. The first kappa shape index (κ1) is 13.4. The number of amides is 1. The van der Waals surface area contributed by atoms with Gasteiger partial charge in [-0.05, 0) is 37.0 Å².